The van der Waals surface area contributed by atoms with Crippen LogP contribution in [0.4, 0.5) is 0 Å². The number of sulfonamides is 1. The largest absolute Gasteiger partial charge is 0.315 e. The van der Waals surface area contributed by atoms with Crippen LogP contribution in [0.15, 0.2) is 16.3 Å². The second-order valence-electron chi connectivity index (χ2n) is 6.20. The zero-order valence-electron chi connectivity index (χ0n) is 12.5. The maximum Gasteiger partial charge on any atom is 0.243 e. The molecule has 0 aliphatic carbocycles. The highest BCUT2D eigenvalue weighted by molar-refractivity contribution is 7.89. The van der Waals surface area contributed by atoms with E-state index in [0.717, 1.165) is 24.1 Å². The molecule has 1 N–H and O–H groups in total. The Morgan fingerprint density at radius 2 is 2.10 bits per heavy atom. The summed E-state index contributed by atoms with van der Waals surface area (Å²) >= 11 is 1.50. The molecule has 114 valence electrons. The number of thiophene rings is 1. The fraction of sp³-hybridized carbons (Fsp3) is 0.714. The minimum absolute atomic E-state index is 0.246. The van der Waals surface area contributed by atoms with Crippen molar-refractivity contribution in [1.82, 2.24) is 9.62 Å². The molecule has 0 atom stereocenters. The van der Waals surface area contributed by atoms with E-state index < -0.39 is 10.0 Å². The SMILES string of the molecule is CNCc1cc(S(=O)(=O)N2CCCC(C)(C)CC2)cs1. The lowest BCUT2D eigenvalue weighted by Gasteiger charge is -2.22. The molecule has 0 aromatic carbocycles. The van der Waals surface area contributed by atoms with Crippen molar-refractivity contribution < 1.29 is 8.42 Å². The molecule has 0 radical (unpaired) electrons. The zero-order chi connectivity index (χ0) is 14.8. The summed E-state index contributed by atoms with van der Waals surface area (Å²) in [6.07, 6.45) is 2.97. The first kappa shape index (κ1) is 15.9. The lowest BCUT2D eigenvalue weighted by molar-refractivity contribution is 0.315. The molecule has 1 aromatic heterocycles. The molecule has 0 amide bonds. The van der Waals surface area contributed by atoms with Gasteiger partial charge in [0.2, 0.25) is 10.0 Å². The van der Waals surface area contributed by atoms with Gasteiger partial charge in [-0.25, -0.2) is 8.42 Å². The maximum absolute atomic E-state index is 12.7. The minimum Gasteiger partial charge on any atom is -0.315 e. The van der Waals surface area contributed by atoms with Gasteiger partial charge in [-0.05, 0) is 37.8 Å². The average Bonchev–Trinajstić information content (AvgIpc) is 2.75. The third-order valence-electron chi connectivity index (χ3n) is 3.92. The Morgan fingerprint density at radius 3 is 2.80 bits per heavy atom. The van der Waals surface area contributed by atoms with Crippen molar-refractivity contribution >= 4 is 21.4 Å². The molecule has 1 fully saturated rings. The van der Waals surface area contributed by atoms with E-state index in [-0.39, 0.29) is 5.41 Å². The van der Waals surface area contributed by atoms with Gasteiger partial charge in [-0.3, -0.25) is 0 Å². The lowest BCUT2D eigenvalue weighted by Crippen LogP contribution is -2.32. The van der Waals surface area contributed by atoms with Crippen molar-refractivity contribution in [3.63, 3.8) is 0 Å². The Labute approximate surface area is 126 Å². The number of rotatable bonds is 4. The van der Waals surface area contributed by atoms with E-state index in [1.807, 2.05) is 7.05 Å². The highest BCUT2D eigenvalue weighted by Crippen LogP contribution is 2.32. The molecule has 20 heavy (non-hydrogen) atoms. The summed E-state index contributed by atoms with van der Waals surface area (Å²) in [6.45, 7) is 6.43. The Kier molecular flexibility index (Phi) is 4.89. The molecule has 0 unspecified atom stereocenters. The van der Waals surface area contributed by atoms with Crippen LogP contribution in [0.2, 0.25) is 0 Å². The van der Waals surface area contributed by atoms with Gasteiger partial charge in [-0.1, -0.05) is 13.8 Å². The van der Waals surface area contributed by atoms with Gasteiger partial charge in [0.25, 0.3) is 0 Å². The fourth-order valence-electron chi connectivity index (χ4n) is 2.55. The predicted molar refractivity (Wildman–Crippen MR) is 83.5 cm³/mol. The smallest absolute Gasteiger partial charge is 0.243 e. The molecule has 2 rings (SSSR count). The normalized spacial score (nSPS) is 20.8. The number of hydrogen-bond donors (Lipinski definition) is 1. The molecule has 4 nitrogen and oxygen atoms in total. The first-order valence-corrected chi connectivity index (χ1v) is 9.39. The molecule has 2 heterocycles. The van der Waals surface area contributed by atoms with Gasteiger partial charge in [0.05, 0.1) is 4.90 Å². The monoisotopic (exact) mass is 316 g/mol. The standard InChI is InChI=1S/C14H24N2O2S2/c1-14(2)5-4-7-16(8-6-14)20(17,18)13-9-12(10-15-3)19-11-13/h9,11,15H,4-8,10H2,1-3H3. The third-order valence-corrected chi connectivity index (χ3v) is 6.88. The first-order valence-electron chi connectivity index (χ1n) is 7.07. The van der Waals surface area contributed by atoms with Crippen molar-refractivity contribution in [3.05, 3.63) is 16.3 Å². The molecule has 1 aromatic rings. The van der Waals surface area contributed by atoms with Crippen LogP contribution in [0, 0.1) is 5.41 Å². The average molecular weight is 316 g/mol. The van der Waals surface area contributed by atoms with E-state index in [1.54, 1.807) is 15.8 Å². The second-order valence-corrected chi connectivity index (χ2v) is 9.13. The van der Waals surface area contributed by atoms with Gasteiger partial charge < -0.3 is 5.32 Å². The van der Waals surface area contributed by atoms with Gasteiger partial charge in [0.1, 0.15) is 0 Å². The molecular weight excluding hydrogens is 292 g/mol. The third kappa shape index (κ3) is 3.61. The predicted octanol–water partition coefficient (Wildman–Crippen LogP) is 2.67. The lowest BCUT2D eigenvalue weighted by atomic mass is 9.85. The highest BCUT2D eigenvalue weighted by atomic mass is 32.2. The van der Waals surface area contributed by atoms with E-state index in [4.69, 9.17) is 0 Å². The number of nitrogens with one attached hydrogen (secondary N) is 1. The first-order chi connectivity index (χ1) is 9.35. The van der Waals surface area contributed by atoms with Gasteiger partial charge in [0.15, 0.2) is 0 Å². The van der Waals surface area contributed by atoms with E-state index in [9.17, 15) is 8.42 Å². The molecule has 0 bridgehead atoms. The van der Waals surface area contributed by atoms with Crippen molar-refractivity contribution in [1.29, 1.82) is 0 Å². The zero-order valence-corrected chi connectivity index (χ0v) is 14.1. The van der Waals surface area contributed by atoms with Crippen LogP contribution < -0.4 is 5.32 Å². The molecule has 1 aliphatic rings. The van der Waals surface area contributed by atoms with Crippen molar-refractivity contribution in [2.75, 3.05) is 20.1 Å². The van der Waals surface area contributed by atoms with Crippen molar-refractivity contribution in [2.24, 2.45) is 5.41 Å². The Hall–Kier alpha value is -0.430. The second kappa shape index (κ2) is 6.13. The van der Waals surface area contributed by atoms with Crippen LogP contribution in [0.3, 0.4) is 0 Å². The summed E-state index contributed by atoms with van der Waals surface area (Å²) in [5.41, 5.74) is 0.246. The van der Waals surface area contributed by atoms with E-state index in [2.05, 4.69) is 19.2 Å². The van der Waals surface area contributed by atoms with Gasteiger partial charge in [-0.15, -0.1) is 11.3 Å². The summed E-state index contributed by atoms with van der Waals surface area (Å²) in [7, 11) is -1.45. The van der Waals surface area contributed by atoms with Gasteiger partial charge >= 0.3 is 0 Å². The Bertz CT molecular complexity index is 549. The summed E-state index contributed by atoms with van der Waals surface area (Å²) in [5, 5.41) is 4.81. The van der Waals surface area contributed by atoms with Crippen LogP contribution in [0.5, 0.6) is 0 Å². The van der Waals surface area contributed by atoms with E-state index in [0.29, 0.717) is 24.5 Å². The van der Waals surface area contributed by atoms with E-state index in [1.165, 1.54) is 11.3 Å². The summed E-state index contributed by atoms with van der Waals surface area (Å²) in [5.74, 6) is 0. The highest BCUT2D eigenvalue weighted by Gasteiger charge is 2.30. The molecule has 0 spiro atoms. The maximum atomic E-state index is 12.7. The summed E-state index contributed by atoms with van der Waals surface area (Å²) in [6, 6.07) is 1.80. The van der Waals surface area contributed by atoms with Crippen LogP contribution in [-0.2, 0) is 16.6 Å². The fourth-order valence-corrected chi connectivity index (χ4v) is 5.30. The number of nitrogens with zero attached hydrogens (tertiary/aromatic N) is 1. The van der Waals surface area contributed by atoms with Gasteiger partial charge in [0, 0.05) is 29.9 Å². The molecule has 0 saturated carbocycles. The van der Waals surface area contributed by atoms with Crippen LogP contribution in [0.25, 0.3) is 0 Å². The quantitative estimate of drug-likeness (QED) is 0.929. The molecular formula is C14H24N2O2S2. The van der Waals surface area contributed by atoms with Gasteiger partial charge in [-0.2, -0.15) is 4.31 Å². The summed E-state index contributed by atoms with van der Waals surface area (Å²) in [4.78, 5) is 1.51. The van der Waals surface area contributed by atoms with Crippen molar-refractivity contribution in [2.45, 2.75) is 44.6 Å². The Morgan fingerprint density at radius 1 is 1.35 bits per heavy atom. The molecule has 1 saturated heterocycles. The topological polar surface area (TPSA) is 49.4 Å². The van der Waals surface area contributed by atoms with Crippen LogP contribution in [0.1, 0.15) is 38.0 Å². The van der Waals surface area contributed by atoms with E-state index >= 15 is 0 Å². The molecule has 1 aliphatic heterocycles. The minimum atomic E-state index is -3.32. The molecule has 6 heteroatoms. The van der Waals surface area contributed by atoms with Crippen molar-refractivity contribution in [3.8, 4) is 0 Å². The van der Waals surface area contributed by atoms with Crippen LogP contribution >= 0.6 is 11.3 Å². The van der Waals surface area contributed by atoms with Crippen LogP contribution in [-0.4, -0.2) is 32.9 Å². The Balaban J connectivity index is 2.16. The summed E-state index contributed by atoms with van der Waals surface area (Å²) < 4.78 is 27.0. The number of hydrogen-bond acceptors (Lipinski definition) is 4.